The van der Waals surface area contributed by atoms with E-state index in [4.69, 9.17) is 10.9 Å². The van der Waals surface area contributed by atoms with Crippen LogP contribution in [0, 0.1) is 6.92 Å². The van der Waals surface area contributed by atoms with Gasteiger partial charge < -0.3 is 11.1 Å². The SMILES string of the molecule is C/C(N)=C(/SN)C(=O)NCc1ccccc1C. The molecule has 1 rings (SSSR count). The highest BCUT2D eigenvalue weighted by molar-refractivity contribution is 8.01. The quantitative estimate of drug-likeness (QED) is 0.558. The Bertz CT molecular complexity index is 439. The number of amides is 1. The summed E-state index contributed by atoms with van der Waals surface area (Å²) in [6.07, 6.45) is 0. The summed E-state index contributed by atoms with van der Waals surface area (Å²) in [5, 5.41) is 8.19. The average molecular weight is 251 g/mol. The summed E-state index contributed by atoms with van der Waals surface area (Å²) < 4.78 is 0. The molecule has 0 heterocycles. The largest absolute Gasteiger partial charge is 0.401 e. The summed E-state index contributed by atoms with van der Waals surface area (Å²) >= 11 is 0.868. The number of rotatable bonds is 4. The molecule has 4 nitrogen and oxygen atoms in total. The zero-order valence-corrected chi connectivity index (χ0v) is 10.8. The lowest BCUT2D eigenvalue weighted by molar-refractivity contribution is -0.117. The van der Waals surface area contributed by atoms with E-state index in [1.165, 1.54) is 0 Å². The van der Waals surface area contributed by atoms with Crippen LogP contribution in [0.3, 0.4) is 0 Å². The lowest BCUT2D eigenvalue weighted by atomic mass is 10.1. The van der Waals surface area contributed by atoms with Gasteiger partial charge in [0.1, 0.15) is 4.91 Å². The molecule has 0 aliphatic heterocycles. The van der Waals surface area contributed by atoms with Gasteiger partial charge in [0.25, 0.3) is 5.91 Å². The molecule has 17 heavy (non-hydrogen) atoms. The van der Waals surface area contributed by atoms with E-state index >= 15 is 0 Å². The van der Waals surface area contributed by atoms with E-state index in [9.17, 15) is 4.79 Å². The second-order valence-electron chi connectivity index (χ2n) is 3.74. The summed E-state index contributed by atoms with van der Waals surface area (Å²) in [5.41, 5.74) is 8.22. The topological polar surface area (TPSA) is 81.1 Å². The van der Waals surface area contributed by atoms with E-state index in [0.717, 1.165) is 23.1 Å². The first-order chi connectivity index (χ1) is 8.06. The predicted molar refractivity (Wildman–Crippen MR) is 71.7 cm³/mol. The van der Waals surface area contributed by atoms with Crippen LogP contribution in [0.4, 0.5) is 0 Å². The summed E-state index contributed by atoms with van der Waals surface area (Å²) in [7, 11) is 0. The highest BCUT2D eigenvalue weighted by Gasteiger charge is 2.11. The highest BCUT2D eigenvalue weighted by atomic mass is 32.2. The van der Waals surface area contributed by atoms with E-state index in [0.29, 0.717) is 17.1 Å². The van der Waals surface area contributed by atoms with Crippen LogP contribution in [0.1, 0.15) is 18.1 Å². The zero-order chi connectivity index (χ0) is 12.8. The van der Waals surface area contributed by atoms with Crippen LogP contribution in [0.2, 0.25) is 0 Å². The molecule has 92 valence electrons. The van der Waals surface area contributed by atoms with Crippen molar-refractivity contribution in [1.82, 2.24) is 5.32 Å². The molecule has 0 aliphatic rings. The third kappa shape index (κ3) is 3.80. The van der Waals surface area contributed by atoms with Gasteiger partial charge in [0.15, 0.2) is 0 Å². The van der Waals surface area contributed by atoms with Crippen LogP contribution < -0.4 is 16.2 Å². The second-order valence-corrected chi connectivity index (χ2v) is 4.38. The molecule has 0 aromatic heterocycles. The minimum Gasteiger partial charge on any atom is -0.401 e. The van der Waals surface area contributed by atoms with Gasteiger partial charge in [-0.05, 0) is 36.9 Å². The second kappa shape index (κ2) is 6.32. The molecule has 5 N–H and O–H groups in total. The molecule has 5 heteroatoms. The first-order valence-corrected chi connectivity index (χ1v) is 6.10. The van der Waals surface area contributed by atoms with Gasteiger partial charge in [0.2, 0.25) is 0 Å². The monoisotopic (exact) mass is 251 g/mol. The maximum Gasteiger partial charge on any atom is 0.261 e. The molecule has 1 amide bonds. The molecule has 0 saturated carbocycles. The van der Waals surface area contributed by atoms with Crippen molar-refractivity contribution in [2.45, 2.75) is 20.4 Å². The molecular weight excluding hydrogens is 234 g/mol. The van der Waals surface area contributed by atoms with Crippen LogP contribution in [0.25, 0.3) is 0 Å². The molecule has 0 aliphatic carbocycles. The highest BCUT2D eigenvalue weighted by Crippen LogP contribution is 2.12. The van der Waals surface area contributed by atoms with Crippen molar-refractivity contribution >= 4 is 17.9 Å². The number of allylic oxidation sites excluding steroid dienone is 1. The molecule has 0 bridgehead atoms. The Kier molecular flexibility index (Phi) is 5.06. The smallest absolute Gasteiger partial charge is 0.261 e. The molecule has 1 aromatic rings. The number of nitrogens with one attached hydrogen (secondary N) is 1. The third-order valence-corrected chi connectivity index (χ3v) is 3.13. The number of benzene rings is 1. The van der Waals surface area contributed by atoms with Gasteiger partial charge in [-0.25, -0.2) is 0 Å². The van der Waals surface area contributed by atoms with Crippen LogP contribution in [-0.4, -0.2) is 5.91 Å². The Morgan fingerprint density at radius 1 is 1.41 bits per heavy atom. The van der Waals surface area contributed by atoms with Crippen LogP contribution >= 0.6 is 11.9 Å². The first kappa shape index (κ1) is 13.6. The average Bonchev–Trinajstić information content (AvgIpc) is 2.28. The number of nitrogens with two attached hydrogens (primary N) is 2. The molecule has 0 fully saturated rings. The van der Waals surface area contributed by atoms with Gasteiger partial charge in [0, 0.05) is 12.2 Å². The molecule has 0 spiro atoms. The third-order valence-electron chi connectivity index (χ3n) is 2.38. The minimum atomic E-state index is -0.235. The van der Waals surface area contributed by atoms with Crippen molar-refractivity contribution in [2.24, 2.45) is 10.9 Å². The van der Waals surface area contributed by atoms with Gasteiger partial charge in [-0.15, -0.1) is 0 Å². The summed E-state index contributed by atoms with van der Waals surface area (Å²) in [6, 6.07) is 7.89. The van der Waals surface area contributed by atoms with Crippen molar-refractivity contribution in [2.75, 3.05) is 0 Å². The molecule has 0 radical (unpaired) electrons. The summed E-state index contributed by atoms with van der Waals surface area (Å²) in [4.78, 5) is 12.1. The van der Waals surface area contributed by atoms with E-state index in [-0.39, 0.29) is 5.91 Å². The number of hydrogen-bond acceptors (Lipinski definition) is 4. The first-order valence-electron chi connectivity index (χ1n) is 5.22. The molecular formula is C12H17N3OS. The normalized spacial score (nSPS) is 11.9. The molecule has 1 aromatic carbocycles. The molecule has 0 unspecified atom stereocenters. The standard InChI is InChI=1S/C12H17N3OS/c1-8-5-3-4-6-10(8)7-15-12(16)11(17-14)9(2)13/h3-6H,7,13-14H2,1-2H3,(H,15,16)/b11-9-. The van der Waals surface area contributed by atoms with E-state index < -0.39 is 0 Å². The van der Waals surface area contributed by atoms with Crippen molar-refractivity contribution in [3.63, 3.8) is 0 Å². The van der Waals surface area contributed by atoms with E-state index in [1.807, 2.05) is 31.2 Å². The van der Waals surface area contributed by atoms with Crippen molar-refractivity contribution in [3.05, 3.63) is 46.0 Å². The number of carbonyl (C=O) groups is 1. The van der Waals surface area contributed by atoms with Crippen LogP contribution in [-0.2, 0) is 11.3 Å². The fraction of sp³-hybridized carbons (Fsp3) is 0.250. The summed E-state index contributed by atoms with van der Waals surface area (Å²) in [5.74, 6) is -0.235. The van der Waals surface area contributed by atoms with Gasteiger partial charge in [-0.2, -0.15) is 0 Å². The number of carbonyl (C=O) groups excluding carboxylic acids is 1. The minimum absolute atomic E-state index is 0.235. The molecule has 0 saturated heterocycles. The van der Waals surface area contributed by atoms with E-state index in [2.05, 4.69) is 5.32 Å². The fourth-order valence-electron chi connectivity index (χ4n) is 1.39. The number of hydrogen-bond donors (Lipinski definition) is 3. The number of aryl methyl sites for hydroxylation is 1. The van der Waals surface area contributed by atoms with Crippen molar-refractivity contribution < 1.29 is 4.79 Å². The summed E-state index contributed by atoms with van der Waals surface area (Å²) in [6.45, 7) is 4.13. The van der Waals surface area contributed by atoms with Crippen molar-refractivity contribution in [3.8, 4) is 0 Å². The lowest BCUT2D eigenvalue weighted by Gasteiger charge is -2.09. The lowest BCUT2D eigenvalue weighted by Crippen LogP contribution is -2.26. The maximum absolute atomic E-state index is 11.8. The Balaban J connectivity index is 2.67. The van der Waals surface area contributed by atoms with Crippen molar-refractivity contribution in [1.29, 1.82) is 0 Å². The Hall–Kier alpha value is -1.46. The van der Waals surface area contributed by atoms with Gasteiger partial charge in [-0.3, -0.25) is 9.93 Å². The van der Waals surface area contributed by atoms with Crippen LogP contribution in [0.5, 0.6) is 0 Å². The fourth-order valence-corrected chi connectivity index (χ4v) is 1.75. The van der Waals surface area contributed by atoms with E-state index in [1.54, 1.807) is 6.92 Å². The molecule has 0 atom stereocenters. The Morgan fingerprint density at radius 2 is 2.06 bits per heavy atom. The Morgan fingerprint density at radius 3 is 2.59 bits per heavy atom. The Labute approximate surface area is 106 Å². The predicted octanol–water partition coefficient (Wildman–Crippen LogP) is 1.41. The zero-order valence-electron chi connectivity index (χ0n) is 9.99. The maximum atomic E-state index is 11.8. The van der Waals surface area contributed by atoms with Gasteiger partial charge >= 0.3 is 0 Å². The van der Waals surface area contributed by atoms with Crippen LogP contribution in [0.15, 0.2) is 34.9 Å². The van der Waals surface area contributed by atoms with Gasteiger partial charge in [0.05, 0.1) is 0 Å². The van der Waals surface area contributed by atoms with Gasteiger partial charge in [-0.1, -0.05) is 24.3 Å².